The number of nitrogens with one attached hydrogen (secondary N) is 1. The molecule has 128 valence electrons. The lowest BCUT2D eigenvalue weighted by Crippen LogP contribution is -2.27. The highest BCUT2D eigenvalue weighted by atomic mass is 19.1. The lowest BCUT2D eigenvalue weighted by Gasteiger charge is -2.33. The second-order valence-corrected chi connectivity index (χ2v) is 6.67. The Kier molecular flexibility index (Phi) is 3.49. The van der Waals surface area contributed by atoms with Gasteiger partial charge >= 0.3 is 0 Å². The molecule has 26 heavy (non-hydrogen) atoms. The maximum absolute atomic E-state index is 14.6. The smallest absolute Gasteiger partial charge is 0.204 e. The van der Waals surface area contributed by atoms with Crippen molar-refractivity contribution in [2.24, 2.45) is 0 Å². The minimum absolute atomic E-state index is 0.0881. The summed E-state index contributed by atoms with van der Waals surface area (Å²) in [6.45, 7) is 0. The third-order valence-electron chi connectivity index (χ3n) is 5.14. The molecule has 0 bridgehead atoms. The normalized spacial score (nSPS) is 19.1. The number of nitrogens with zero attached hydrogens (tertiary/aromatic N) is 2. The van der Waals surface area contributed by atoms with Gasteiger partial charge in [0, 0.05) is 5.56 Å². The largest absolute Gasteiger partial charge is 0.349 e. The van der Waals surface area contributed by atoms with Crippen molar-refractivity contribution in [1.82, 2.24) is 9.55 Å². The van der Waals surface area contributed by atoms with Gasteiger partial charge in [-0.25, -0.2) is 9.37 Å². The standard InChI is InChI=1S/C22H18FN3/c23-17-11-5-4-10-16(17)21-14-19(15-8-2-1-3-9-15)25-22-24-18-12-6-7-13-20(18)26(21)22/h1-13,19,21H,14H2,(H,24,25)/t19-,21-/m0/s1. The molecule has 3 nitrogen and oxygen atoms in total. The molecule has 0 saturated heterocycles. The SMILES string of the molecule is Fc1ccccc1[C@@H]1C[C@@H](c2ccccc2)Nc2nc3ccccc3n21. The number of rotatable bonds is 2. The van der Waals surface area contributed by atoms with E-state index in [-0.39, 0.29) is 17.9 Å². The summed E-state index contributed by atoms with van der Waals surface area (Å²) in [4.78, 5) is 4.76. The van der Waals surface area contributed by atoms with Crippen LogP contribution in [0.25, 0.3) is 11.0 Å². The van der Waals surface area contributed by atoms with Crippen LogP contribution in [0, 0.1) is 5.82 Å². The van der Waals surface area contributed by atoms with E-state index in [0.717, 1.165) is 23.4 Å². The van der Waals surface area contributed by atoms with Gasteiger partial charge in [-0.2, -0.15) is 0 Å². The van der Waals surface area contributed by atoms with E-state index >= 15 is 0 Å². The molecule has 0 fully saturated rings. The number of hydrogen-bond acceptors (Lipinski definition) is 2. The Hall–Kier alpha value is -3.14. The number of imidazole rings is 1. The Morgan fingerprint density at radius 1 is 0.885 bits per heavy atom. The summed E-state index contributed by atoms with van der Waals surface area (Å²) in [5.41, 5.74) is 3.84. The maximum Gasteiger partial charge on any atom is 0.204 e. The zero-order valence-electron chi connectivity index (χ0n) is 14.1. The zero-order valence-corrected chi connectivity index (χ0v) is 14.1. The Bertz CT molecular complexity index is 1070. The van der Waals surface area contributed by atoms with Crippen LogP contribution in [0.5, 0.6) is 0 Å². The van der Waals surface area contributed by atoms with Gasteiger partial charge in [0.2, 0.25) is 5.95 Å². The Balaban J connectivity index is 1.71. The van der Waals surface area contributed by atoms with Gasteiger partial charge in [0.05, 0.1) is 23.1 Å². The number of hydrogen-bond donors (Lipinski definition) is 1. The molecule has 0 aliphatic carbocycles. The van der Waals surface area contributed by atoms with E-state index in [2.05, 4.69) is 22.0 Å². The summed E-state index contributed by atoms with van der Waals surface area (Å²) in [7, 11) is 0. The minimum Gasteiger partial charge on any atom is -0.349 e. The van der Waals surface area contributed by atoms with Crippen molar-refractivity contribution in [1.29, 1.82) is 0 Å². The maximum atomic E-state index is 14.6. The van der Waals surface area contributed by atoms with E-state index in [1.54, 1.807) is 6.07 Å². The van der Waals surface area contributed by atoms with Crippen LogP contribution in [0.1, 0.15) is 29.6 Å². The monoisotopic (exact) mass is 343 g/mol. The number of para-hydroxylation sites is 2. The molecular weight excluding hydrogens is 325 g/mol. The van der Waals surface area contributed by atoms with Gasteiger partial charge in [-0.1, -0.05) is 60.7 Å². The molecular formula is C22H18FN3. The van der Waals surface area contributed by atoms with Crippen LogP contribution < -0.4 is 5.32 Å². The summed E-state index contributed by atoms with van der Waals surface area (Å²) in [6.07, 6.45) is 0.762. The Labute approximate surface area is 151 Å². The molecule has 5 rings (SSSR count). The first-order valence-corrected chi connectivity index (χ1v) is 8.84. The highest BCUT2D eigenvalue weighted by Crippen LogP contribution is 2.41. The van der Waals surface area contributed by atoms with Crippen molar-refractivity contribution in [2.75, 3.05) is 5.32 Å². The molecule has 2 atom stereocenters. The highest BCUT2D eigenvalue weighted by Gasteiger charge is 2.32. The molecule has 4 aromatic rings. The lowest BCUT2D eigenvalue weighted by molar-refractivity contribution is 0.457. The quantitative estimate of drug-likeness (QED) is 0.534. The van der Waals surface area contributed by atoms with Crippen LogP contribution in [-0.4, -0.2) is 9.55 Å². The summed E-state index contributed by atoms with van der Waals surface area (Å²) in [5, 5.41) is 3.55. The van der Waals surface area contributed by atoms with E-state index in [1.807, 2.05) is 54.6 Å². The average Bonchev–Trinajstić information content (AvgIpc) is 3.07. The third-order valence-corrected chi connectivity index (χ3v) is 5.14. The van der Waals surface area contributed by atoms with Crippen molar-refractivity contribution in [3.8, 4) is 0 Å². The van der Waals surface area contributed by atoms with E-state index in [4.69, 9.17) is 4.98 Å². The van der Waals surface area contributed by atoms with Gasteiger partial charge in [0.1, 0.15) is 5.82 Å². The van der Waals surface area contributed by atoms with Gasteiger partial charge in [-0.15, -0.1) is 0 Å². The van der Waals surface area contributed by atoms with E-state index in [1.165, 1.54) is 11.6 Å². The molecule has 0 amide bonds. The molecule has 0 unspecified atom stereocenters. The molecule has 0 radical (unpaired) electrons. The van der Waals surface area contributed by atoms with Crippen LogP contribution in [0.3, 0.4) is 0 Å². The summed E-state index contributed by atoms with van der Waals surface area (Å²) >= 11 is 0. The fourth-order valence-electron chi connectivity index (χ4n) is 3.92. The highest BCUT2D eigenvalue weighted by molar-refractivity contribution is 5.79. The fraction of sp³-hybridized carbons (Fsp3) is 0.136. The average molecular weight is 343 g/mol. The van der Waals surface area contributed by atoms with Crippen molar-refractivity contribution in [3.63, 3.8) is 0 Å². The number of benzene rings is 3. The van der Waals surface area contributed by atoms with Crippen molar-refractivity contribution < 1.29 is 4.39 Å². The van der Waals surface area contributed by atoms with Crippen LogP contribution >= 0.6 is 0 Å². The van der Waals surface area contributed by atoms with E-state index < -0.39 is 0 Å². The van der Waals surface area contributed by atoms with Crippen molar-refractivity contribution >= 4 is 17.0 Å². The van der Waals surface area contributed by atoms with Gasteiger partial charge < -0.3 is 9.88 Å². The Morgan fingerprint density at radius 3 is 2.46 bits per heavy atom. The molecule has 2 heterocycles. The lowest BCUT2D eigenvalue weighted by atomic mass is 9.92. The molecule has 1 aliphatic heterocycles. The second kappa shape index (κ2) is 5.99. The molecule has 4 heteroatoms. The van der Waals surface area contributed by atoms with Crippen LogP contribution in [-0.2, 0) is 0 Å². The first kappa shape index (κ1) is 15.1. The number of anilines is 1. The molecule has 1 N–H and O–H groups in total. The van der Waals surface area contributed by atoms with Gasteiger partial charge in [0.25, 0.3) is 0 Å². The number of fused-ring (bicyclic) bond motifs is 3. The first-order chi connectivity index (χ1) is 12.8. The van der Waals surface area contributed by atoms with Crippen LogP contribution in [0.2, 0.25) is 0 Å². The molecule has 1 aromatic heterocycles. The van der Waals surface area contributed by atoms with Gasteiger partial charge in [-0.05, 0) is 30.2 Å². The first-order valence-electron chi connectivity index (χ1n) is 8.84. The van der Waals surface area contributed by atoms with Crippen molar-refractivity contribution in [2.45, 2.75) is 18.5 Å². The summed E-state index contributed by atoms with van der Waals surface area (Å²) in [5.74, 6) is 0.620. The second-order valence-electron chi connectivity index (χ2n) is 6.67. The van der Waals surface area contributed by atoms with Gasteiger partial charge in [0.15, 0.2) is 0 Å². The van der Waals surface area contributed by atoms with Crippen LogP contribution in [0.15, 0.2) is 78.9 Å². The number of aromatic nitrogens is 2. The molecule has 0 saturated carbocycles. The topological polar surface area (TPSA) is 29.9 Å². The third kappa shape index (κ3) is 2.37. The molecule has 1 aliphatic rings. The molecule has 0 spiro atoms. The fourth-order valence-corrected chi connectivity index (χ4v) is 3.92. The van der Waals surface area contributed by atoms with Crippen LogP contribution in [0.4, 0.5) is 10.3 Å². The van der Waals surface area contributed by atoms with Crippen molar-refractivity contribution in [3.05, 3.63) is 95.8 Å². The Morgan fingerprint density at radius 2 is 1.62 bits per heavy atom. The summed E-state index contributed by atoms with van der Waals surface area (Å²) in [6, 6.07) is 25.3. The zero-order chi connectivity index (χ0) is 17.5. The van der Waals surface area contributed by atoms with E-state index in [0.29, 0.717) is 5.56 Å². The number of halogens is 1. The molecule has 3 aromatic carbocycles. The predicted octanol–water partition coefficient (Wildman–Crippen LogP) is 5.32. The van der Waals surface area contributed by atoms with Gasteiger partial charge in [-0.3, -0.25) is 0 Å². The minimum atomic E-state index is -0.171. The van der Waals surface area contributed by atoms with E-state index in [9.17, 15) is 4.39 Å². The summed E-state index contributed by atoms with van der Waals surface area (Å²) < 4.78 is 16.8. The predicted molar refractivity (Wildman–Crippen MR) is 102 cm³/mol.